The monoisotopic (exact) mass is 382 g/mol. The van der Waals surface area contributed by atoms with Crippen LogP contribution in [0, 0.1) is 0 Å². The molecule has 150 valence electrons. The molecule has 2 aromatic rings. The van der Waals surface area contributed by atoms with Crippen molar-refractivity contribution in [2.24, 2.45) is 0 Å². The number of amides is 1. The smallest absolute Gasteiger partial charge is 0.254 e. The number of hydrogen-bond donors (Lipinski definition) is 0. The predicted octanol–water partition coefficient (Wildman–Crippen LogP) is 3.96. The summed E-state index contributed by atoms with van der Waals surface area (Å²) in [6.07, 6.45) is 0. The molecule has 1 heterocycles. The third-order valence-electron chi connectivity index (χ3n) is 5.22. The molecule has 1 fully saturated rings. The molecular formula is C23H30N2O3. The molecule has 28 heavy (non-hydrogen) atoms. The van der Waals surface area contributed by atoms with Crippen LogP contribution in [0.4, 0.5) is 5.69 Å². The number of ether oxygens (including phenoxy) is 2. The molecule has 0 spiro atoms. The van der Waals surface area contributed by atoms with Gasteiger partial charge < -0.3 is 19.3 Å². The van der Waals surface area contributed by atoms with Crippen LogP contribution in [0.25, 0.3) is 0 Å². The Bertz CT molecular complexity index is 812. The minimum absolute atomic E-state index is 0.0148. The van der Waals surface area contributed by atoms with Crippen LogP contribution in [-0.2, 0) is 5.41 Å². The van der Waals surface area contributed by atoms with Crippen molar-refractivity contribution in [3.63, 3.8) is 0 Å². The minimum Gasteiger partial charge on any atom is -0.497 e. The number of carbonyl (C=O) groups is 1. The standard InChI is InChI=1S/C23H30N2O3/c1-23(2,3)20-8-6-7-9-21(20)24-10-12-25(13-11-24)22(26)17-14-18(27-4)16-19(15-17)28-5/h6-9,14-16H,10-13H2,1-5H3. The molecule has 1 aliphatic heterocycles. The fraction of sp³-hybridized carbons (Fsp3) is 0.435. The first-order valence-electron chi connectivity index (χ1n) is 9.70. The summed E-state index contributed by atoms with van der Waals surface area (Å²) in [7, 11) is 3.18. The Kier molecular flexibility index (Phi) is 5.82. The Labute approximate surface area is 167 Å². The quantitative estimate of drug-likeness (QED) is 0.803. The van der Waals surface area contributed by atoms with Gasteiger partial charge in [-0.25, -0.2) is 0 Å². The second kappa shape index (κ2) is 8.13. The number of para-hydroxylation sites is 1. The Balaban J connectivity index is 1.74. The maximum Gasteiger partial charge on any atom is 0.254 e. The van der Waals surface area contributed by atoms with Gasteiger partial charge in [0.1, 0.15) is 11.5 Å². The normalized spacial score (nSPS) is 14.8. The average Bonchev–Trinajstić information content (AvgIpc) is 2.72. The molecule has 0 aliphatic carbocycles. The van der Waals surface area contributed by atoms with Crippen molar-refractivity contribution < 1.29 is 14.3 Å². The van der Waals surface area contributed by atoms with E-state index >= 15 is 0 Å². The predicted molar refractivity (Wildman–Crippen MR) is 113 cm³/mol. The minimum atomic E-state index is 0.0148. The summed E-state index contributed by atoms with van der Waals surface area (Å²) < 4.78 is 10.6. The first-order valence-corrected chi connectivity index (χ1v) is 9.70. The molecule has 0 N–H and O–H groups in total. The molecule has 0 atom stereocenters. The van der Waals surface area contributed by atoms with Gasteiger partial charge in [0.05, 0.1) is 14.2 Å². The summed E-state index contributed by atoms with van der Waals surface area (Å²) in [5.74, 6) is 1.27. The van der Waals surface area contributed by atoms with Crippen molar-refractivity contribution >= 4 is 11.6 Å². The number of rotatable bonds is 4. The van der Waals surface area contributed by atoms with E-state index < -0.39 is 0 Å². The fourth-order valence-electron chi connectivity index (χ4n) is 3.65. The summed E-state index contributed by atoms with van der Waals surface area (Å²) in [6.45, 7) is 9.74. The highest BCUT2D eigenvalue weighted by Gasteiger charge is 2.26. The summed E-state index contributed by atoms with van der Waals surface area (Å²) >= 11 is 0. The van der Waals surface area contributed by atoms with Crippen LogP contribution in [0.5, 0.6) is 11.5 Å². The van der Waals surface area contributed by atoms with Gasteiger partial charge in [-0.3, -0.25) is 4.79 Å². The molecule has 1 saturated heterocycles. The van der Waals surface area contributed by atoms with E-state index in [0.29, 0.717) is 30.2 Å². The molecule has 0 radical (unpaired) electrons. The van der Waals surface area contributed by atoms with Gasteiger partial charge in [0, 0.05) is 43.5 Å². The second-order valence-electron chi connectivity index (χ2n) is 8.15. The summed E-state index contributed by atoms with van der Waals surface area (Å²) in [5.41, 5.74) is 3.29. The maximum atomic E-state index is 13.0. The average molecular weight is 383 g/mol. The number of carbonyl (C=O) groups excluding carboxylic acids is 1. The van der Waals surface area contributed by atoms with Crippen molar-refractivity contribution in [2.75, 3.05) is 45.3 Å². The SMILES string of the molecule is COc1cc(OC)cc(C(=O)N2CCN(c3ccccc3C(C)(C)C)CC2)c1. The van der Waals surface area contributed by atoms with Crippen LogP contribution < -0.4 is 14.4 Å². The van der Waals surface area contributed by atoms with Crippen molar-refractivity contribution in [1.82, 2.24) is 4.90 Å². The summed E-state index contributed by atoms with van der Waals surface area (Å²) in [6, 6.07) is 13.9. The lowest BCUT2D eigenvalue weighted by Crippen LogP contribution is -2.49. The van der Waals surface area contributed by atoms with Gasteiger partial charge in [0.2, 0.25) is 0 Å². The van der Waals surface area contributed by atoms with Crippen molar-refractivity contribution in [3.05, 3.63) is 53.6 Å². The molecule has 0 unspecified atom stereocenters. The molecule has 1 amide bonds. The number of piperazine rings is 1. The van der Waals surface area contributed by atoms with E-state index in [1.165, 1.54) is 11.3 Å². The highest BCUT2D eigenvalue weighted by Crippen LogP contribution is 2.32. The Morgan fingerprint density at radius 3 is 2.00 bits per heavy atom. The Morgan fingerprint density at radius 2 is 1.46 bits per heavy atom. The van der Waals surface area contributed by atoms with E-state index in [2.05, 4.69) is 49.9 Å². The van der Waals surface area contributed by atoms with Crippen LogP contribution in [0.1, 0.15) is 36.7 Å². The number of methoxy groups -OCH3 is 2. The Hall–Kier alpha value is -2.69. The molecule has 0 aromatic heterocycles. The van der Waals surface area contributed by atoms with Gasteiger partial charge in [-0.15, -0.1) is 0 Å². The van der Waals surface area contributed by atoms with E-state index in [1.807, 2.05) is 4.90 Å². The third-order valence-corrected chi connectivity index (χ3v) is 5.22. The number of hydrogen-bond acceptors (Lipinski definition) is 4. The third kappa shape index (κ3) is 4.24. The second-order valence-corrected chi connectivity index (χ2v) is 8.15. The summed E-state index contributed by atoms with van der Waals surface area (Å²) in [4.78, 5) is 17.3. The van der Waals surface area contributed by atoms with Crippen LogP contribution in [-0.4, -0.2) is 51.2 Å². The zero-order chi connectivity index (χ0) is 20.3. The van der Waals surface area contributed by atoms with Crippen LogP contribution in [0.2, 0.25) is 0 Å². The van der Waals surface area contributed by atoms with Gasteiger partial charge >= 0.3 is 0 Å². The topological polar surface area (TPSA) is 42.0 Å². The number of benzene rings is 2. The van der Waals surface area contributed by atoms with Gasteiger partial charge in [-0.2, -0.15) is 0 Å². The van der Waals surface area contributed by atoms with Gasteiger partial charge in [-0.1, -0.05) is 39.0 Å². The molecule has 5 heteroatoms. The van der Waals surface area contributed by atoms with E-state index in [-0.39, 0.29) is 11.3 Å². The highest BCUT2D eigenvalue weighted by molar-refractivity contribution is 5.95. The van der Waals surface area contributed by atoms with Crippen LogP contribution in [0.3, 0.4) is 0 Å². The molecule has 0 saturated carbocycles. The lowest BCUT2D eigenvalue weighted by molar-refractivity contribution is 0.0746. The van der Waals surface area contributed by atoms with E-state index in [9.17, 15) is 4.79 Å². The maximum absolute atomic E-state index is 13.0. The molecule has 0 bridgehead atoms. The largest absolute Gasteiger partial charge is 0.497 e. The molecule has 1 aliphatic rings. The van der Waals surface area contributed by atoms with E-state index in [1.54, 1.807) is 32.4 Å². The zero-order valence-corrected chi connectivity index (χ0v) is 17.5. The number of anilines is 1. The molecule has 5 nitrogen and oxygen atoms in total. The Morgan fingerprint density at radius 1 is 0.893 bits per heavy atom. The van der Waals surface area contributed by atoms with Crippen molar-refractivity contribution in [1.29, 1.82) is 0 Å². The van der Waals surface area contributed by atoms with Crippen molar-refractivity contribution in [2.45, 2.75) is 26.2 Å². The first-order chi connectivity index (χ1) is 13.3. The fourth-order valence-corrected chi connectivity index (χ4v) is 3.65. The molecule has 3 rings (SSSR count). The van der Waals surface area contributed by atoms with Gasteiger partial charge in [0.25, 0.3) is 5.91 Å². The lowest BCUT2D eigenvalue weighted by atomic mass is 9.85. The molecule has 2 aromatic carbocycles. The summed E-state index contributed by atoms with van der Waals surface area (Å²) in [5, 5.41) is 0. The molecular weight excluding hydrogens is 352 g/mol. The van der Waals surface area contributed by atoms with E-state index in [0.717, 1.165) is 13.1 Å². The van der Waals surface area contributed by atoms with Gasteiger partial charge in [0.15, 0.2) is 0 Å². The van der Waals surface area contributed by atoms with Crippen LogP contribution >= 0.6 is 0 Å². The highest BCUT2D eigenvalue weighted by atomic mass is 16.5. The number of nitrogens with zero attached hydrogens (tertiary/aromatic N) is 2. The van der Waals surface area contributed by atoms with Crippen LogP contribution in [0.15, 0.2) is 42.5 Å². The van der Waals surface area contributed by atoms with Gasteiger partial charge in [-0.05, 0) is 29.2 Å². The van der Waals surface area contributed by atoms with E-state index in [4.69, 9.17) is 9.47 Å². The lowest BCUT2D eigenvalue weighted by Gasteiger charge is -2.38. The first kappa shape index (κ1) is 20.1. The zero-order valence-electron chi connectivity index (χ0n) is 17.5. The van der Waals surface area contributed by atoms with Crippen molar-refractivity contribution in [3.8, 4) is 11.5 Å².